The third kappa shape index (κ3) is 2.79. The molecule has 6 heterocycles. The Kier molecular flexibility index (Phi) is 4.01. The van der Waals surface area contributed by atoms with Gasteiger partial charge < -0.3 is 17.8 Å². The molecule has 0 saturated carbocycles. The highest BCUT2D eigenvalue weighted by atomic mass is 32.1. The summed E-state index contributed by atoms with van der Waals surface area (Å²) in [5.74, 6) is 0. The van der Waals surface area contributed by atoms with Crippen molar-refractivity contribution in [1.82, 2.24) is 4.57 Å². The molecule has 0 bridgehead atoms. The molecule has 0 amide bonds. The Morgan fingerprint density at radius 1 is 0.488 bits per heavy atom. The van der Waals surface area contributed by atoms with Gasteiger partial charge in [0.15, 0.2) is 16.7 Å². The lowest BCUT2D eigenvalue weighted by molar-refractivity contribution is 0.634. The fourth-order valence-corrected chi connectivity index (χ4v) is 9.19. The molecule has 0 unspecified atom stereocenters. The van der Waals surface area contributed by atoms with Crippen LogP contribution >= 0.6 is 22.7 Å². The summed E-state index contributed by atoms with van der Waals surface area (Å²) in [5, 5.41) is 4.49. The molecule has 0 aliphatic heterocycles. The zero-order chi connectivity index (χ0) is 27.1. The topological polar surface area (TPSA) is 44.4 Å². The highest BCUT2D eigenvalue weighted by molar-refractivity contribution is 7.36. The van der Waals surface area contributed by atoms with E-state index in [4.69, 9.17) is 13.3 Å². The van der Waals surface area contributed by atoms with E-state index in [1.165, 1.54) is 40.9 Å². The van der Waals surface area contributed by atoms with E-state index in [1.54, 1.807) is 0 Å². The molecule has 6 heteroatoms. The van der Waals surface area contributed by atoms with E-state index < -0.39 is 0 Å². The van der Waals surface area contributed by atoms with Crippen molar-refractivity contribution in [1.29, 1.82) is 0 Å². The summed E-state index contributed by atoms with van der Waals surface area (Å²) in [6.45, 7) is 6.35. The third-order valence-electron chi connectivity index (χ3n) is 8.40. The maximum atomic E-state index is 6.67. The van der Waals surface area contributed by atoms with Gasteiger partial charge in [-0.15, -0.1) is 22.7 Å². The van der Waals surface area contributed by atoms with E-state index >= 15 is 0 Å². The van der Waals surface area contributed by atoms with E-state index in [0.717, 1.165) is 66.4 Å². The lowest BCUT2D eigenvalue weighted by Crippen LogP contribution is -1.93. The third-order valence-corrected chi connectivity index (χ3v) is 10.9. The number of rotatable bonds is 1. The smallest absolute Gasteiger partial charge is 0.196 e. The molecule has 0 N–H and O–H groups in total. The quantitative estimate of drug-likeness (QED) is 0.198. The number of hydrogen-bond acceptors (Lipinski definition) is 5. The van der Waals surface area contributed by atoms with Crippen LogP contribution in [0.5, 0.6) is 0 Å². The maximum absolute atomic E-state index is 6.67. The van der Waals surface area contributed by atoms with Crippen LogP contribution in [0.4, 0.5) is 0 Å². The van der Waals surface area contributed by atoms with Crippen LogP contribution in [0.3, 0.4) is 0 Å². The second-order valence-corrected chi connectivity index (χ2v) is 13.3. The molecule has 10 rings (SSSR count). The van der Waals surface area contributed by atoms with Crippen LogP contribution in [0.1, 0.15) is 16.7 Å². The Morgan fingerprint density at radius 2 is 1.10 bits per heavy atom. The second kappa shape index (κ2) is 7.40. The number of aryl methyl sites for hydroxylation is 3. The van der Waals surface area contributed by atoms with Crippen LogP contribution in [-0.4, -0.2) is 4.57 Å². The average molecular weight is 568 g/mol. The Hall–Kier alpha value is -4.52. The van der Waals surface area contributed by atoms with Gasteiger partial charge in [-0.2, -0.15) is 0 Å². The summed E-state index contributed by atoms with van der Waals surface area (Å²) in [7, 11) is 0. The molecule has 4 aromatic carbocycles. The first-order chi connectivity index (χ1) is 20.0. The summed E-state index contributed by atoms with van der Waals surface area (Å²) in [5.41, 5.74) is 11.9. The molecule has 0 radical (unpaired) electrons. The SMILES string of the molecule is Cc1ccc(-n2c3c4ccc(C)cc4oc3c3oc4cc5c(cc4c32)oc2c5sc3c4ccc(C)cc4sc23)cc1. The van der Waals surface area contributed by atoms with E-state index in [0.29, 0.717) is 0 Å². The highest BCUT2D eigenvalue weighted by Gasteiger charge is 2.26. The summed E-state index contributed by atoms with van der Waals surface area (Å²) in [6, 6.07) is 26.0. The molecular weight excluding hydrogens is 547 g/mol. The standard InChI is InChI=1S/C35H21NO3S2/c1-16-4-8-19(9-5-16)36-28-20-10-6-17(2)12-24(20)37-30(28)31-29(36)22-14-26-23(15-25(22)38-31)33-32(39-26)35-34(41-33)21-11-7-18(3)13-27(21)40-35/h4-15H,1-3H3. The molecular formula is C35H21NO3S2. The average Bonchev–Trinajstić information content (AvgIpc) is 3.76. The van der Waals surface area contributed by atoms with Crippen LogP contribution in [0.25, 0.3) is 90.6 Å². The monoisotopic (exact) mass is 567 g/mol. The van der Waals surface area contributed by atoms with Gasteiger partial charge in [0.05, 0.1) is 14.1 Å². The van der Waals surface area contributed by atoms with Gasteiger partial charge in [0.2, 0.25) is 0 Å². The summed E-state index contributed by atoms with van der Waals surface area (Å²) >= 11 is 3.64. The maximum Gasteiger partial charge on any atom is 0.196 e. The largest absolute Gasteiger partial charge is 0.454 e. The van der Waals surface area contributed by atoms with Gasteiger partial charge >= 0.3 is 0 Å². The van der Waals surface area contributed by atoms with Crippen molar-refractivity contribution in [2.24, 2.45) is 0 Å². The summed E-state index contributed by atoms with van der Waals surface area (Å²) < 4.78 is 27.1. The minimum Gasteiger partial charge on any atom is -0.454 e. The molecule has 0 aliphatic carbocycles. The van der Waals surface area contributed by atoms with Crippen LogP contribution < -0.4 is 0 Å². The fraction of sp³-hybridized carbons (Fsp3) is 0.0857. The van der Waals surface area contributed by atoms with Crippen LogP contribution in [-0.2, 0) is 0 Å². The molecule has 0 fully saturated rings. The minimum atomic E-state index is 0.766. The van der Waals surface area contributed by atoms with E-state index in [1.807, 2.05) is 22.7 Å². The molecule has 0 saturated heterocycles. The normalized spacial score (nSPS) is 12.8. The fourth-order valence-electron chi connectivity index (χ4n) is 6.44. The van der Waals surface area contributed by atoms with Crippen LogP contribution in [0.15, 0.2) is 86.0 Å². The van der Waals surface area contributed by atoms with Crippen molar-refractivity contribution in [3.05, 3.63) is 89.5 Å². The van der Waals surface area contributed by atoms with Crippen LogP contribution in [0.2, 0.25) is 0 Å². The van der Waals surface area contributed by atoms with E-state index in [9.17, 15) is 0 Å². The predicted octanol–water partition coefficient (Wildman–Crippen LogP) is 11.5. The number of furan rings is 3. The van der Waals surface area contributed by atoms with E-state index in [-0.39, 0.29) is 0 Å². The van der Waals surface area contributed by atoms with Crippen molar-refractivity contribution in [2.75, 3.05) is 0 Å². The Morgan fingerprint density at radius 3 is 1.90 bits per heavy atom. The summed E-state index contributed by atoms with van der Waals surface area (Å²) in [6.07, 6.45) is 0. The number of benzene rings is 4. The number of fused-ring (bicyclic) bond motifs is 14. The van der Waals surface area contributed by atoms with E-state index in [2.05, 4.69) is 98.1 Å². The van der Waals surface area contributed by atoms with Crippen molar-refractivity contribution in [2.45, 2.75) is 20.8 Å². The second-order valence-electron chi connectivity index (χ2n) is 11.2. The Bertz CT molecular complexity index is 2720. The molecule has 196 valence electrons. The van der Waals surface area contributed by atoms with Gasteiger partial charge in [0.25, 0.3) is 0 Å². The first-order valence-corrected chi connectivity index (χ1v) is 15.3. The molecule has 10 aromatic rings. The van der Waals surface area contributed by atoms with Gasteiger partial charge in [-0.05, 0) is 74.4 Å². The Labute approximate surface area is 240 Å². The highest BCUT2D eigenvalue weighted by Crippen LogP contribution is 2.50. The molecule has 4 nitrogen and oxygen atoms in total. The van der Waals surface area contributed by atoms with Crippen molar-refractivity contribution in [3.63, 3.8) is 0 Å². The number of aromatic nitrogens is 1. The predicted molar refractivity (Wildman–Crippen MR) is 173 cm³/mol. The van der Waals surface area contributed by atoms with Gasteiger partial charge in [0, 0.05) is 31.9 Å². The Balaban J connectivity index is 1.33. The first-order valence-electron chi connectivity index (χ1n) is 13.7. The molecule has 41 heavy (non-hydrogen) atoms. The van der Waals surface area contributed by atoms with Gasteiger partial charge in [-0.1, -0.05) is 35.9 Å². The van der Waals surface area contributed by atoms with Gasteiger partial charge in [-0.25, -0.2) is 0 Å². The van der Waals surface area contributed by atoms with Gasteiger partial charge in [0.1, 0.15) is 27.8 Å². The summed E-state index contributed by atoms with van der Waals surface area (Å²) in [4.78, 5) is 0. The lowest BCUT2D eigenvalue weighted by atomic mass is 10.1. The molecule has 6 aromatic heterocycles. The van der Waals surface area contributed by atoms with Crippen molar-refractivity contribution >= 4 is 108 Å². The zero-order valence-corrected chi connectivity index (χ0v) is 24.0. The number of hydrogen-bond donors (Lipinski definition) is 0. The zero-order valence-electron chi connectivity index (χ0n) is 22.4. The molecule has 0 aliphatic rings. The molecule has 0 spiro atoms. The minimum absolute atomic E-state index is 0.766. The number of thiophene rings is 2. The van der Waals surface area contributed by atoms with Crippen molar-refractivity contribution < 1.29 is 13.3 Å². The van der Waals surface area contributed by atoms with Crippen LogP contribution in [0, 0.1) is 20.8 Å². The lowest BCUT2D eigenvalue weighted by Gasteiger charge is -2.07. The van der Waals surface area contributed by atoms with Crippen molar-refractivity contribution in [3.8, 4) is 5.69 Å². The first kappa shape index (κ1) is 22.2. The molecule has 0 atom stereocenters. The number of nitrogens with zero attached hydrogens (tertiary/aromatic N) is 1. The van der Waals surface area contributed by atoms with Gasteiger partial charge in [-0.3, -0.25) is 0 Å².